The summed E-state index contributed by atoms with van der Waals surface area (Å²) in [6.45, 7) is 3.90. The van der Waals surface area contributed by atoms with E-state index in [-0.39, 0.29) is 18.4 Å². The minimum Gasteiger partial charge on any atom is -0.481 e. The molecule has 2 atom stereocenters. The highest BCUT2D eigenvalue weighted by Crippen LogP contribution is 2.27. The Morgan fingerprint density at radius 2 is 1.79 bits per heavy atom. The number of rotatable bonds is 3. The zero-order valence-electron chi connectivity index (χ0n) is 13.7. The van der Waals surface area contributed by atoms with E-state index in [2.05, 4.69) is 0 Å². The van der Waals surface area contributed by atoms with Gasteiger partial charge in [0.25, 0.3) is 5.91 Å². The molecule has 0 aromatic carbocycles. The number of hydrogen-bond acceptors (Lipinski definition) is 4. The van der Waals surface area contributed by atoms with Crippen molar-refractivity contribution in [3.63, 3.8) is 0 Å². The van der Waals surface area contributed by atoms with Crippen LogP contribution in [0.4, 0.5) is 0 Å². The first kappa shape index (κ1) is 17.0. The van der Waals surface area contributed by atoms with Gasteiger partial charge in [0.2, 0.25) is 5.91 Å². The van der Waals surface area contributed by atoms with Gasteiger partial charge >= 0.3 is 5.97 Å². The fourth-order valence-corrected chi connectivity index (χ4v) is 4.23. The Balaban J connectivity index is 1.77. The second-order valence-corrected chi connectivity index (χ2v) is 7.77. The number of piperidine rings is 1. The van der Waals surface area contributed by atoms with E-state index in [1.165, 1.54) is 11.3 Å². The Bertz CT molecular complexity index is 651. The van der Waals surface area contributed by atoms with E-state index >= 15 is 0 Å². The maximum atomic E-state index is 12.7. The van der Waals surface area contributed by atoms with Gasteiger partial charge < -0.3 is 14.9 Å². The van der Waals surface area contributed by atoms with Crippen molar-refractivity contribution in [2.24, 2.45) is 11.8 Å². The number of hydrogen-bond donors (Lipinski definition) is 1. The molecule has 1 aromatic heterocycles. The summed E-state index contributed by atoms with van der Waals surface area (Å²) in [5, 5.41) is 11.2. The standard InChI is InChI=1S/C17H22N2O4S/c1-11-6-14(10-24-11)16(21)19-8-12(7-13(9-19)17(22)23)15(20)18-4-2-3-5-18/h6,10,12-13H,2-5,7-9H2,1H3,(H,22,23)/t12-,13+/m1/s1. The largest absolute Gasteiger partial charge is 0.481 e. The van der Waals surface area contributed by atoms with Gasteiger partial charge in [-0.05, 0) is 32.3 Å². The molecule has 7 heteroatoms. The Labute approximate surface area is 145 Å². The van der Waals surface area contributed by atoms with Crippen molar-refractivity contribution in [1.82, 2.24) is 9.80 Å². The first-order chi connectivity index (χ1) is 11.5. The van der Waals surface area contributed by atoms with Crippen molar-refractivity contribution >= 4 is 29.1 Å². The van der Waals surface area contributed by atoms with Crippen LogP contribution in [0.2, 0.25) is 0 Å². The number of carboxylic acids is 1. The topological polar surface area (TPSA) is 77.9 Å². The number of likely N-dealkylation sites (tertiary alicyclic amines) is 2. The summed E-state index contributed by atoms with van der Waals surface area (Å²) < 4.78 is 0. The molecule has 2 aliphatic heterocycles. The Hall–Kier alpha value is -1.89. The highest BCUT2D eigenvalue weighted by atomic mass is 32.1. The van der Waals surface area contributed by atoms with Crippen LogP contribution in [-0.4, -0.2) is 58.9 Å². The van der Waals surface area contributed by atoms with Gasteiger partial charge in [-0.3, -0.25) is 14.4 Å². The van der Waals surface area contributed by atoms with Crippen LogP contribution in [0.3, 0.4) is 0 Å². The Kier molecular flexibility index (Phi) is 4.89. The highest BCUT2D eigenvalue weighted by molar-refractivity contribution is 7.10. The van der Waals surface area contributed by atoms with Gasteiger partial charge in [-0.25, -0.2) is 0 Å². The van der Waals surface area contributed by atoms with Crippen molar-refractivity contribution in [2.45, 2.75) is 26.2 Å². The Morgan fingerprint density at radius 1 is 1.12 bits per heavy atom. The fourth-order valence-electron chi connectivity index (χ4n) is 3.56. The third kappa shape index (κ3) is 3.45. The maximum Gasteiger partial charge on any atom is 0.308 e. The zero-order valence-corrected chi connectivity index (χ0v) is 14.6. The van der Waals surface area contributed by atoms with Gasteiger partial charge in [0.1, 0.15) is 0 Å². The fraction of sp³-hybridized carbons (Fsp3) is 0.588. The molecule has 3 heterocycles. The molecule has 6 nitrogen and oxygen atoms in total. The summed E-state index contributed by atoms with van der Waals surface area (Å²) in [5.74, 6) is -2.21. The normalized spacial score (nSPS) is 24.2. The molecule has 24 heavy (non-hydrogen) atoms. The number of carbonyl (C=O) groups is 3. The summed E-state index contributed by atoms with van der Waals surface area (Å²) in [6.07, 6.45) is 2.31. The smallest absolute Gasteiger partial charge is 0.308 e. The van der Waals surface area contributed by atoms with E-state index in [4.69, 9.17) is 0 Å². The van der Waals surface area contributed by atoms with Crippen molar-refractivity contribution < 1.29 is 19.5 Å². The lowest BCUT2D eigenvalue weighted by Crippen LogP contribution is -2.50. The summed E-state index contributed by atoms with van der Waals surface area (Å²) >= 11 is 1.49. The second-order valence-electron chi connectivity index (χ2n) is 6.66. The summed E-state index contributed by atoms with van der Waals surface area (Å²) in [5.41, 5.74) is 0.580. The van der Waals surface area contributed by atoms with E-state index in [0.29, 0.717) is 18.5 Å². The molecular formula is C17H22N2O4S. The predicted octanol–water partition coefficient (Wildman–Crippen LogP) is 1.84. The number of amides is 2. The van der Waals surface area contributed by atoms with E-state index in [9.17, 15) is 19.5 Å². The lowest BCUT2D eigenvalue weighted by atomic mass is 9.88. The molecule has 1 N–H and O–H groups in total. The van der Waals surface area contributed by atoms with Crippen LogP contribution in [0.25, 0.3) is 0 Å². The van der Waals surface area contributed by atoms with Crippen molar-refractivity contribution in [3.05, 3.63) is 21.9 Å². The molecule has 0 spiro atoms. The molecule has 0 radical (unpaired) electrons. The van der Waals surface area contributed by atoms with Crippen LogP contribution < -0.4 is 0 Å². The number of aryl methyl sites for hydroxylation is 1. The molecule has 0 unspecified atom stereocenters. The van der Waals surface area contributed by atoms with E-state index < -0.39 is 17.8 Å². The highest BCUT2D eigenvalue weighted by Gasteiger charge is 2.39. The molecule has 2 aliphatic rings. The molecule has 130 valence electrons. The second kappa shape index (κ2) is 6.93. The monoisotopic (exact) mass is 350 g/mol. The molecule has 1 aromatic rings. The maximum absolute atomic E-state index is 12.7. The summed E-state index contributed by atoms with van der Waals surface area (Å²) in [4.78, 5) is 41.2. The molecule has 2 fully saturated rings. The zero-order chi connectivity index (χ0) is 17.3. The summed E-state index contributed by atoms with van der Waals surface area (Å²) in [7, 11) is 0. The lowest BCUT2D eigenvalue weighted by Gasteiger charge is -2.36. The number of nitrogens with zero attached hydrogens (tertiary/aromatic N) is 2. The van der Waals surface area contributed by atoms with Crippen molar-refractivity contribution in [2.75, 3.05) is 26.2 Å². The average Bonchev–Trinajstić information content (AvgIpc) is 3.24. The predicted molar refractivity (Wildman–Crippen MR) is 90.0 cm³/mol. The lowest BCUT2D eigenvalue weighted by molar-refractivity contribution is -0.146. The molecule has 0 bridgehead atoms. The van der Waals surface area contributed by atoms with Crippen LogP contribution in [0.5, 0.6) is 0 Å². The quantitative estimate of drug-likeness (QED) is 0.902. The van der Waals surface area contributed by atoms with Gasteiger partial charge in [0, 0.05) is 36.4 Å². The molecule has 0 aliphatic carbocycles. The third-order valence-corrected chi connectivity index (χ3v) is 5.69. The SMILES string of the molecule is Cc1cc(C(=O)N2C[C@@H](C(=O)O)C[C@@H](C(=O)N3CCCC3)C2)cs1. The Morgan fingerprint density at radius 3 is 2.38 bits per heavy atom. The number of carboxylic acid groups (broad SMARTS) is 1. The first-order valence-corrected chi connectivity index (χ1v) is 9.19. The molecule has 2 saturated heterocycles. The molecule has 2 amide bonds. The molecular weight excluding hydrogens is 328 g/mol. The van der Waals surface area contributed by atoms with Gasteiger partial charge in [-0.15, -0.1) is 11.3 Å². The number of aliphatic carboxylic acids is 1. The van der Waals surface area contributed by atoms with Crippen molar-refractivity contribution in [3.8, 4) is 0 Å². The van der Waals surface area contributed by atoms with E-state index in [0.717, 1.165) is 30.8 Å². The van der Waals surface area contributed by atoms with E-state index in [1.807, 2.05) is 17.9 Å². The van der Waals surface area contributed by atoms with Gasteiger partial charge in [0.15, 0.2) is 0 Å². The number of thiophene rings is 1. The molecule has 0 saturated carbocycles. The van der Waals surface area contributed by atoms with E-state index in [1.54, 1.807) is 10.3 Å². The van der Waals surface area contributed by atoms with Gasteiger partial charge in [-0.2, -0.15) is 0 Å². The summed E-state index contributed by atoms with van der Waals surface area (Å²) in [6, 6.07) is 1.81. The van der Waals surface area contributed by atoms with Crippen LogP contribution in [0.1, 0.15) is 34.5 Å². The van der Waals surface area contributed by atoms with Crippen LogP contribution in [-0.2, 0) is 9.59 Å². The minimum atomic E-state index is -0.937. The molecule has 3 rings (SSSR count). The van der Waals surface area contributed by atoms with Crippen LogP contribution in [0, 0.1) is 18.8 Å². The third-order valence-electron chi connectivity index (χ3n) is 4.83. The van der Waals surface area contributed by atoms with Crippen LogP contribution >= 0.6 is 11.3 Å². The average molecular weight is 350 g/mol. The van der Waals surface area contributed by atoms with Crippen molar-refractivity contribution in [1.29, 1.82) is 0 Å². The van der Waals surface area contributed by atoms with Gasteiger partial charge in [0.05, 0.1) is 17.4 Å². The van der Waals surface area contributed by atoms with Gasteiger partial charge in [-0.1, -0.05) is 0 Å². The minimum absolute atomic E-state index is 0.00208. The number of carbonyl (C=O) groups excluding carboxylic acids is 2. The van der Waals surface area contributed by atoms with Crippen LogP contribution in [0.15, 0.2) is 11.4 Å². The first-order valence-electron chi connectivity index (χ1n) is 8.31.